The Labute approximate surface area is 127 Å². The maximum Gasteiger partial charge on any atom is 0.337 e. The molecule has 2 aromatic rings. The smallest absolute Gasteiger partial charge is 0.337 e. The number of carboxylic acid groups (broad SMARTS) is 1. The summed E-state index contributed by atoms with van der Waals surface area (Å²) in [4.78, 5) is 26.2. The third kappa shape index (κ3) is 3.99. The number of halogens is 2. The Hall–Kier alpha value is -2.48. The monoisotopic (exact) mass is 353 g/mol. The summed E-state index contributed by atoms with van der Waals surface area (Å²) in [5.74, 6) is -1.75. The predicted molar refractivity (Wildman–Crippen MR) is 77.9 cm³/mol. The highest BCUT2D eigenvalue weighted by atomic mass is 79.9. The zero-order valence-electron chi connectivity index (χ0n) is 10.4. The molecular weight excluding hydrogens is 345 g/mol. The van der Waals surface area contributed by atoms with Gasteiger partial charge in [-0.1, -0.05) is 15.9 Å². The van der Waals surface area contributed by atoms with Gasteiger partial charge in [0.1, 0.15) is 5.82 Å². The summed E-state index contributed by atoms with van der Waals surface area (Å²) in [5, 5.41) is 13.5. The van der Waals surface area contributed by atoms with Gasteiger partial charge in [0.05, 0.1) is 23.1 Å². The van der Waals surface area contributed by atoms with Crippen molar-refractivity contribution >= 4 is 39.3 Å². The fourth-order valence-corrected chi connectivity index (χ4v) is 1.86. The number of amides is 2. The highest BCUT2D eigenvalue weighted by Gasteiger charge is 2.09. The van der Waals surface area contributed by atoms with Crippen molar-refractivity contribution in [2.75, 3.05) is 10.6 Å². The molecule has 0 unspecified atom stereocenters. The minimum absolute atomic E-state index is 0.00998. The predicted octanol–water partition coefficient (Wildman–Crippen LogP) is 3.33. The maximum absolute atomic E-state index is 13.5. The summed E-state index contributed by atoms with van der Waals surface area (Å²) >= 11 is 3.16. The van der Waals surface area contributed by atoms with E-state index in [4.69, 9.17) is 5.11 Å². The van der Waals surface area contributed by atoms with Crippen molar-refractivity contribution in [2.45, 2.75) is 0 Å². The molecule has 1 aromatic carbocycles. The molecule has 21 heavy (non-hydrogen) atoms. The minimum atomic E-state index is -1.16. The summed E-state index contributed by atoms with van der Waals surface area (Å²) in [6, 6.07) is 4.63. The van der Waals surface area contributed by atoms with Gasteiger partial charge >= 0.3 is 12.0 Å². The van der Waals surface area contributed by atoms with Crippen LogP contribution in [0.2, 0.25) is 0 Å². The number of pyridine rings is 1. The number of carbonyl (C=O) groups excluding carboxylic acids is 1. The molecule has 2 amide bonds. The zero-order chi connectivity index (χ0) is 15.4. The fourth-order valence-electron chi connectivity index (χ4n) is 1.50. The van der Waals surface area contributed by atoms with Crippen LogP contribution in [0.25, 0.3) is 0 Å². The van der Waals surface area contributed by atoms with E-state index in [1.165, 1.54) is 30.5 Å². The Morgan fingerprint density at radius 1 is 1.19 bits per heavy atom. The second-order valence-electron chi connectivity index (χ2n) is 3.97. The molecule has 0 saturated heterocycles. The van der Waals surface area contributed by atoms with Crippen LogP contribution in [-0.4, -0.2) is 22.1 Å². The van der Waals surface area contributed by atoms with Gasteiger partial charge in [0.2, 0.25) is 0 Å². The Morgan fingerprint density at radius 2 is 1.95 bits per heavy atom. The van der Waals surface area contributed by atoms with Gasteiger partial charge in [-0.2, -0.15) is 0 Å². The average Bonchev–Trinajstić information content (AvgIpc) is 2.43. The molecule has 2 rings (SSSR count). The van der Waals surface area contributed by atoms with Gasteiger partial charge in [0, 0.05) is 10.7 Å². The molecule has 108 valence electrons. The first-order valence-electron chi connectivity index (χ1n) is 5.67. The molecule has 0 radical (unpaired) electrons. The maximum atomic E-state index is 13.5. The van der Waals surface area contributed by atoms with Gasteiger partial charge in [-0.3, -0.25) is 4.98 Å². The van der Waals surface area contributed by atoms with Crippen LogP contribution >= 0.6 is 15.9 Å². The molecule has 0 spiro atoms. The lowest BCUT2D eigenvalue weighted by Crippen LogP contribution is -2.20. The van der Waals surface area contributed by atoms with Crippen molar-refractivity contribution < 1.29 is 19.1 Å². The van der Waals surface area contributed by atoms with E-state index < -0.39 is 17.8 Å². The third-order valence-corrected chi connectivity index (χ3v) is 2.91. The largest absolute Gasteiger partial charge is 0.478 e. The number of carbonyl (C=O) groups is 2. The van der Waals surface area contributed by atoms with E-state index in [0.717, 1.165) is 6.20 Å². The van der Waals surface area contributed by atoms with Crippen LogP contribution in [0, 0.1) is 5.82 Å². The van der Waals surface area contributed by atoms with Crippen LogP contribution in [0.5, 0.6) is 0 Å². The van der Waals surface area contributed by atoms with Gasteiger partial charge in [0.15, 0.2) is 0 Å². The average molecular weight is 354 g/mol. The third-order valence-electron chi connectivity index (χ3n) is 2.42. The first-order valence-corrected chi connectivity index (χ1v) is 6.46. The van der Waals surface area contributed by atoms with E-state index in [1.54, 1.807) is 0 Å². The first-order chi connectivity index (χ1) is 9.95. The molecule has 0 fully saturated rings. The molecule has 1 heterocycles. The minimum Gasteiger partial charge on any atom is -0.478 e. The van der Waals surface area contributed by atoms with Gasteiger partial charge in [0.25, 0.3) is 0 Å². The summed E-state index contributed by atoms with van der Waals surface area (Å²) in [6.45, 7) is 0. The molecule has 1 aromatic heterocycles. The fraction of sp³-hybridized carbons (Fsp3) is 0. The summed E-state index contributed by atoms with van der Waals surface area (Å²) in [5.41, 5.74) is 0.105. The number of hydrogen-bond donors (Lipinski definition) is 3. The number of aromatic carboxylic acids is 1. The summed E-state index contributed by atoms with van der Waals surface area (Å²) < 4.78 is 14.1. The van der Waals surface area contributed by atoms with Crippen LogP contribution < -0.4 is 10.6 Å². The second-order valence-corrected chi connectivity index (χ2v) is 4.89. The second kappa shape index (κ2) is 6.31. The number of rotatable bonds is 3. The number of urea groups is 1. The van der Waals surface area contributed by atoms with E-state index in [-0.39, 0.29) is 16.9 Å². The van der Waals surface area contributed by atoms with Crippen LogP contribution in [0.4, 0.5) is 20.6 Å². The lowest BCUT2D eigenvalue weighted by molar-refractivity contribution is 0.0696. The van der Waals surface area contributed by atoms with Gasteiger partial charge in [-0.15, -0.1) is 0 Å². The van der Waals surface area contributed by atoms with E-state index >= 15 is 0 Å². The lowest BCUT2D eigenvalue weighted by Gasteiger charge is -2.09. The SMILES string of the molecule is O=C(Nc1cncc(C(=O)O)c1)Nc1cc(Br)ccc1F. The quantitative estimate of drug-likeness (QED) is 0.789. The van der Waals surface area contributed by atoms with E-state index in [9.17, 15) is 14.0 Å². The molecule has 0 saturated carbocycles. The standard InChI is InChI=1S/C13H9BrFN3O3/c14-8-1-2-10(15)11(4-8)18-13(21)17-9-3-7(12(19)20)5-16-6-9/h1-6H,(H,19,20)(H2,17,18,21). The molecule has 8 heteroatoms. The van der Waals surface area contributed by atoms with Crippen molar-refractivity contribution in [1.29, 1.82) is 0 Å². The Kier molecular flexibility index (Phi) is 4.49. The zero-order valence-corrected chi connectivity index (χ0v) is 12.0. The van der Waals surface area contributed by atoms with Crippen molar-refractivity contribution in [2.24, 2.45) is 0 Å². The van der Waals surface area contributed by atoms with Crippen LogP contribution in [0.1, 0.15) is 10.4 Å². The molecule has 0 aliphatic heterocycles. The Morgan fingerprint density at radius 3 is 2.67 bits per heavy atom. The van der Waals surface area contributed by atoms with E-state index in [0.29, 0.717) is 4.47 Å². The topological polar surface area (TPSA) is 91.3 Å². The van der Waals surface area contributed by atoms with E-state index in [2.05, 4.69) is 31.5 Å². The first kappa shape index (κ1) is 14.9. The van der Waals surface area contributed by atoms with Gasteiger partial charge in [-0.05, 0) is 24.3 Å². The van der Waals surface area contributed by atoms with Crippen molar-refractivity contribution in [3.63, 3.8) is 0 Å². The van der Waals surface area contributed by atoms with Crippen molar-refractivity contribution in [1.82, 2.24) is 4.98 Å². The number of nitrogens with zero attached hydrogens (tertiary/aromatic N) is 1. The normalized spacial score (nSPS) is 10.0. The molecule has 0 aliphatic carbocycles. The number of carboxylic acids is 1. The van der Waals surface area contributed by atoms with Crippen LogP contribution in [-0.2, 0) is 0 Å². The van der Waals surface area contributed by atoms with Crippen LogP contribution in [0.15, 0.2) is 41.1 Å². The van der Waals surface area contributed by atoms with E-state index in [1.807, 2.05) is 0 Å². The number of benzene rings is 1. The molecule has 0 atom stereocenters. The highest BCUT2D eigenvalue weighted by molar-refractivity contribution is 9.10. The number of nitrogens with one attached hydrogen (secondary N) is 2. The molecule has 6 nitrogen and oxygen atoms in total. The van der Waals surface area contributed by atoms with Crippen molar-refractivity contribution in [3.8, 4) is 0 Å². The number of hydrogen-bond acceptors (Lipinski definition) is 3. The Bertz CT molecular complexity index is 709. The summed E-state index contributed by atoms with van der Waals surface area (Å²) in [7, 11) is 0. The molecule has 0 aliphatic rings. The van der Waals surface area contributed by atoms with Crippen molar-refractivity contribution in [3.05, 3.63) is 52.5 Å². The Balaban J connectivity index is 2.10. The number of aromatic nitrogens is 1. The number of anilines is 2. The molecule has 3 N–H and O–H groups in total. The van der Waals surface area contributed by atoms with Gasteiger partial charge < -0.3 is 15.7 Å². The lowest BCUT2D eigenvalue weighted by atomic mass is 10.2. The van der Waals surface area contributed by atoms with Gasteiger partial charge in [-0.25, -0.2) is 14.0 Å². The summed E-state index contributed by atoms with van der Waals surface area (Å²) in [6.07, 6.45) is 2.43. The highest BCUT2D eigenvalue weighted by Crippen LogP contribution is 2.20. The molecule has 0 bridgehead atoms. The molecular formula is C13H9BrFN3O3. The van der Waals surface area contributed by atoms with Crippen LogP contribution in [0.3, 0.4) is 0 Å².